The van der Waals surface area contributed by atoms with Crippen molar-refractivity contribution in [2.45, 2.75) is 51.0 Å². The van der Waals surface area contributed by atoms with Crippen LogP contribution in [0.1, 0.15) is 45.6 Å². The highest BCUT2D eigenvalue weighted by atomic mass is 32.2. The number of hydrogen-bond acceptors (Lipinski definition) is 6. The van der Waals surface area contributed by atoms with E-state index in [2.05, 4.69) is 9.08 Å². The average Bonchev–Trinajstić information content (AvgIpc) is 2.91. The van der Waals surface area contributed by atoms with Crippen molar-refractivity contribution in [1.29, 1.82) is 0 Å². The van der Waals surface area contributed by atoms with Gasteiger partial charge < -0.3 is 18.6 Å². The third-order valence-electron chi connectivity index (χ3n) is 5.05. The Hall–Kier alpha value is -1.67. The number of nitrogens with zero attached hydrogens (tertiary/aromatic N) is 1. The van der Waals surface area contributed by atoms with E-state index in [0.29, 0.717) is 19.6 Å². The first kappa shape index (κ1) is 20.1. The molecule has 150 valence electrons. The van der Waals surface area contributed by atoms with Crippen LogP contribution in [0, 0.1) is 0 Å². The normalized spacial score (nSPS) is 20.0. The molecule has 0 bridgehead atoms. The Morgan fingerprint density at radius 3 is 2.67 bits per heavy atom. The molecule has 1 aromatic rings. The molecule has 8 heteroatoms. The lowest BCUT2D eigenvalue weighted by Gasteiger charge is -2.38. The number of carbonyl (C=O) groups is 1. The number of likely N-dealkylation sites (tertiary alicyclic amines) is 1. The molecule has 1 aromatic carbocycles. The average molecular weight is 399 g/mol. The zero-order chi connectivity index (χ0) is 19.7. The number of carbonyl (C=O) groups excluding carboxylic acids is 1. The first-order valence-corrected chi connectivity index (χ1v) is 10.1. The van der Waals surface area contributed by atoms with Gasteiger partial charge in [0.1, 0.15) is 17.1 Å². The van der Waals surface area contributed by atoms with E-state index in [4.69, 9.17) is 9.47 Å². The van der Waals surface area contributed by atoms with Crippen molar-refractivity contribution < 1.29 is 26.5 Å². The SMILES string of the molecule is CC(C)(C)OC(=O)CCN1CCC2(CC1)COc1ccc(OS(=O)F)cc12. The summed E-state index contributed by atoms with van der Waals surface area (Å²) in [5, 5.41) is 0. The fourth-order valence-corrected chi connectivity index (χ4v) is 3.99. The van der Waals surface area contributed by atoms with Crippen LogP contribution >= 0.6 is 0 Å². The van der Waals surface area contributed by atoms with E-state index in [-0.39, 0.29) is 17.1 Å². The summed E-state index contributed by atoms with van der Waals surface area (Å²) in [6.07, 6.45) is 2.12. The van der Waals surface area contributed by atoms with Crippen molar-refractivity contribution in [3.05, 3.63) is 23.8 Å². The van der Waals surface area contributed by atoms with E-state index in [0.717, 1.165) is 37.2 Å². The second kappa shape index (κ2) is 7.75. The van der Waals surface area contributed by atoms with Gasteiger partial charge in [0.15, 0.2) is 0 Å². The maximum atomic E-state index is 12.7. The van der Waals surface area contributed by atoms with E-state index in [9.17, 15) is 12.9 Å². The molecule has 0 aliphatic carbocycles. The molecule has 3 rings (SSSR count). The van der Waals surface area contributed by atoms with Gasteiger partial charge in [-0.05, 0) is 64.9 Å². The lowest BCUT2D eigenvalue weighted by molar-refractivity contribution is -0.155. The third-order valence-corrected chi connectivity index (χ3v) is 5.38. The quantitative estimate of drug-likeness (QED) is 0.560. The van der Waals surface area contributed by atoms with Crippen LogP contribution in [0.15, 0.2) is 18.2 Å². The van der Waals surface area contributed by atoms with Crippen LogP contribution in [0.5, 0.6) is 11.5 Å². The Labute approximate surface area is 161 Å². The first-order chi connectivity index (χ1) is 12.7. The number of esters is 1. The van der Waals surface area contributed by atoms with Gasteiger partial charge in [-0.1, -0.05) is 3.89 Å². The molecule has 0 amide bonds. The molecule has 1 spiro atoms. The number of halogens is 1. The minimum absolute atomic E-state index is 0.144. The van der Waals surface area contributed by atoms with Crippen molar-refractivity contribution in [1.82, 2.24) is 4.90 Å². The summed E-state index contributed by atoms with van der Waals surface area (Å²) in [5.74, 6) is 0.833. The topological polar surface area (TPSA) is 65.1 Å². The van der Waals surface area contributed by atoms with Crippen molar-refractivity contribution in [3.63, 3.8) is 0 Å². The predicted octanol–water partition coefficient (Wildman–Crippen LogP) is 3.07. The molecular formula is C19H26FNO5S. The fourth-order valence-electron chi connectivity index (χ4n) is 3.73. The van der Waals surface area contributed by atoms with Crippen LogP contribution in [0.2, 0.25) is 0 Å². The van der Waals surface area contributed by atoms with E-state index < -0.39 is 17.1 Å². The molecule has 6 nitrogen and oxygen atoms in total. The van der Waals surface area contributed by atoms with Gasteiger partial charge in [-0.3, -0.25) is 4.79 Å². The summed E-state index contributed by atoms with van der Waals surface area (Å²) in [5.41, 5.74) is 0.378. The molecule has 1 fully saturated rings. The highest BCUT2D eigenvalue weighted by Gasteiger charge is 2.43. The standard InChI is InChI=1S/C19H26FNO5S/c1-18(2,3)25-17(22)6-9-21-10-7-19(8-11-21)13-24-16-5-4-14(12-15(16)19)26-27(20)23/h4-5,12H,6-11,13H2,1-3H3. The Bertz CT molecular complexity index is 725. The van der Waals surface area contributed by atoms with Gasteiger partial charge in [-0.25, -0.2) is 0 Å². The molecule has 2 aliphatic heterocycles. The van der Waals surface area contributed by atoms with Crippen LogP contribution < -0.4 is 8.92 Å². The number of ether oxygens (including phenoxy) is 2. The Kier molecular flexibility index (Phi) is 5.76. The molecular weight excluding hydrogens is 373 g/mol. The molecule has 2 aliphatic rings. The second-order valence-corrected chi connectivity index (χ2v) is 8.74. The minimum atomic E-state index is -2.84. The molecule has 0 N–H and O–H groups in total. The van der Waals surface area contributed by atoms with Gasteiger partial charge in [0.25, 0.3) is 0 Å². The minimum Gasteiger partial charge on any atom is -0.492 e. The number of benzene rings is 1. The van der Waals surface area contributed by atoms with Gasteiger partial charge in [0.05, 0.1) is 13.0 Å². The van der Waals surface area contributed by atoms with Gasteiger partial charge in [-0.2, -0.15) is 4.21 Å². The summed E-state index contributed by atoms with van der Waals surface area (Å²) in [7, 11) is 0. The van der Waals surface area contributed by atoms with E-state index >= 15 is 0 Å². The monoisotopic (exact) mass is 399 g/mol. The van der Waals surface area contributed by atoms with Crippen molar-refractivity contribution in [2.75, 3.05) is 26.2 Å². The molecule has 1 unspecified atom stereocenters. The number of fused-ring (bicyclic) bond motifs is 2. The summed E-state index contributed by atoms with van der Waals surface area (Å²) in [4.78, 5) is 14.2. The number of hydrogen-bond donors (Lipinski definition) is 0. The Balaban J connectivity index is 1.58. The Morgan fingerprint density at radius 2 is 2.04 bits per heavy atom. The Morgan fingerprint density at radius 1 is 1.33 bits per heavy atom. The predicted molar refractivity (Wildman–Crippen MR) is 99.6 cm³/mol. The summed E-state index contributed by atoms with van der Waals surface area (Å²) in [6, 6.07) is 5.03. The second-order valence-electron chi connectivity index (χ2n) is 8.18. The first-order valence-electron chi connectivity index (χ1n) is 9.15. The summed E-state index contributed by atoms with van der Waals surface area (Å²) < 4.78 is 39.2. The van der Waals surface area contributed by atoms with Crippen LogP contribution in [0.25, 0.3) is 0 Å². The smallest absolute Gasteiger partial charge is 0.401 e. The fraction of sp³-hybridized carbons (Fsp3) is 0.632. The summed E-state index contributed by atoms with van der Waals surface area (Å²) in [6.45, 7) is 8.52. The zero-order valence-corrected chi connectivity index (χ0v) is 16.8. The molecule has 0 radical (unpaired) electrons. The van der Waals surface area contributed by atoms with Crippen LogP contribution in [0.4, 0.5) is 3.89 Å². The molecule has 0 saturated carbocycles. The lowest BCUT2D eigenvalue weighted by atomic mass is 9.74. The van der Waals surface area contributed by atoms with Crippen LogP contribution in [-0.4, -0.2) is 46.9 Å². The molecule has 1 saturated heterocycles. The van der Waals surface area contributed by atoms with E-state index in [1.54, 1.807) is 18.2 Å². The molecule has 2 heterocycles. The zero-order valence-electron chi connectivity index (χ0n) is 16.0. The van der Waals surface area contributed by atoms with Gasteiger partial charge in [0.2, 0.25) is 0 Å². The molecule has 27 heavy (non-hydrogen) atoms. The van der Waals surface area contributed by atoms with Gasteiger partial charge in [0, 0.05) is 17.5 Å². The summed E-state index contributed by atoms with van der Waals surface area (Å²) >= 11 is -2.84. The highest BCUT2D eigenvalue weighted by molar-refractivity contribution is 7.75. The largest absolute Gasteiger partial charge is 0.492 e. The highest BCUT2D eigenvalue weighted by Crippen LogP contribution is 2.46. The van der Waals surface area contributed by atoms with Crippen molar-refractivity contribution in [3.8, 4) is 11.5 Å². The van der Waals surface area contributed by atoms with Crippen molar-refractivity contribution in [2.24, 2.45) is 0 Å². The maximum Gasteiger partial charge on any atom is 0.401 e. The van der Waals surface area contributed by atoms with Crippen molar-refractivity contribution >= 4 is 17.4 Å². The third kappa shape index (κ3) is 4.99. The van der Waals surface area contributed by atoms with E-state index in [1.165, 1.54) is 0 Å². The van der Waals surface area contributed by atoms with Gasteiger partial charge >= 0.3 is 17.4 Å². The maximum absolute atomic E-state index is 12.7. The van der Waals surface area contributed by atoms with Crippen LogP contribution in [-0.2, 0) is 26.4 Å². The molecule has 0 aromatic heterocycles. The van der Waals surface area contributed by atoms with E-state index in [1.807, 2.05) is 20.8 Å². The van der Waals surface area contributed by atoms with Gasteiger partial charge in [-0.15, -0.1) is 0 Å². The number of piperidine rings is 1. The number of rotatable bonds is 5. The van der Waals surface area contributed by atoms with Crippen LogP contribution in [0.3, 0.4) is 0 Å². The lowest BCUT2D eigenvalue weighted by Crippen LogP contribution is -2.44. The molecule has 1 atom stereocenters.